The average molecular weight is 345 g/mol. The van der Waals surface area contributed by atoms with Crippen molar-refractivity contribution in [3.05, 3.63) is 42.1 Å². The molecule has 0 fully saturated rings. The number of hydrogen-bond acceptors (Lipinski definition) is 5. The van der Waals surface area contributed by atoms with Crippen LogP contribution in [0.25, 0.3) is 10.9 Å². The standard InChI is InChI=1S/C19H23NO3S/c1-14(21)24-18(19(22)23-2)11-5-3-4-9-16-13-12-15-8-6-7-10-17(15)20-16/h6-8,10,12-13,18H,3-5,9,11H2,1-2H3. The van der Waals surface area contributed by atoms with E-state index in [0.29, 0.717) is 6.42 Å². The van der Waals surface area contributed by atoms with Crippen LogP contribution in [0.1, 0.15) is 38.3 Å². The molecule has 0 saturated carbocycles. The number of benzene rings is 1. The molecule has 0 amide bonds. The normalized spacial score (nSPS) is 12.1. The molecule has 0 N–H and O–H groups in total. The molecule has 5 heteroatoms. The van der Waals surface area contributed by atoms with Crippen LogP contribution < -0.4 is 0 Å². The number of hydrogen-bond donors (Lipinski definition) is 0. The molecule has 0 radical (unpaired) electrons. The Bertz CT molecular complexity index is 702. The van der Waals surface area contributed by atoms with Crippen LogP contribution >= 0.6 is 11.8 Å². The fraction of sp³-hybridized carbons (Fsp3) is 0.421. The van der Waals surface area contributed by atoms with Gasteiger partial charge in [-0.15, -0.1) is 0 Å². The first-order valence-electron chi connectivity index (χ1n) is 8.20. The number of ether oxygens (including phenoxy) is 1. The maximum absolute atomic E-state index is 11.7. The molecule has 0 saturated heterocycles. The molecule has 1 atom stereocenters. The third-order valence-electron chi connectivity index (χ3n) is 3.83. The highest BCUT2D eigenvalue weighted by Gasteiger charge is 2.21. The zero-order valence-corrected chi connectivity index (χ0v) is 15.0. The van der Waals surface area contributed by atoms with Crippen molar-refractivity contribution < 1.29 is 14.3 Å². The molecule has 0 bridgehead atoms. The van der Waals surface area contributed by atoms with E-state index in [1.807, 2.05) is 18.2 Å². The second-order valence-electron chi connectivity index (χ2n) is 5.72. The second kappa shape index (κ2) is 9.42. The van der Waals surface area contributed by atoms with Gasteiger partial charge in [0.15, 0.2) is 5.12 Å². The average Bonchev–Trinajstić information content (AvgIpc) is 2.59. The van der Waals surface area contributed by atoms with Gasteiger partial charge in [0.2, 0.25) is 0 Å². The molecule has 1 unspecified atom stereocenters. The van der Waals surface area contributed by atoms with E-state index in [2.05, 4.69) is 23.2 Å². The van der Waals surface area contributed by atoms with Crippen molar-refractivity contribution in [3.63, 3.8) is 0 Å². The lowest BCUT2D eigenvalue weighted by atomic mass is 10.1. The molecule has 0 aliphatic carbocycles. The van der Waals surface area contributed by atoms with Crippen LogP contribution in [0.15, 0.2) is 36.4 Å². The second-order valence-corrected chi connectivity index (χ2v) is 7.10. The quantitative estimate of drug-likeness (QED) is 0.531. The number of methoxy groups -OCH3 is 1. The lowest BCUT2D eigenvalue weighted by molar-refractivity contribution is -0.140. The number of pyridine rings is 1. The molecule has 2 rings (SSSR count). The fourth-order valence-corrected chi connectivity index (χ4v) is 3.49. The van der Waals surface area contributed by atoms with Gasteiger partial charge in [-0.2, -0.15) is 0 Å². The summed E-state index contributed by atoms with van der Waals surface area (Å²) in [4.78, 5) is 27.5. The zero-order valence-electron chi connectivity index (χ0n) is 14.2. The number of esters is 1. The Kier molecular flexibility index (Phi) is 7.25. The summed E-state index contributed by atoms with van der Waals surface area (Å²) in [6, 6.07) is 12.3. The topological polar surface area (TPSA) is 56.3 Å². The molecular weight excluding hydrogens is 322 g/mol. The highest BCUT2D eigenvalue weighted by molar-refractivity contribution is 8.14. The van der Waals surface area contributed by atoms with Gasteiger partial charge >= 0.3 is 5.97 Å². The summed E-state index contributed by atoms with van der Waals surface area (Å²) >= 11 is 1.06. The Morgan fingerprint density at radius 1 is 1.12 bits per heavy atom. The van der Waals surface area contributed by atoms with E-state index in [4.69, 9.17) is 4.74 Å². The SMILES string of the molecule is COC(=O)C(CCCCCc1ccc2ccccc2n1)SC(C)=O. The first kappa shape index (κ1) is 18.5. The van der Waals surface area contributed by atoms with Crippen LogP contribution in [-0.2, 0) is 20.7 Å². The summed E-state index contributed by atoms with van der Waals surface area (Å²) in [5, 5.41) is 0.723. The van der Waals surface area contributed by atoms with Crippen molar-refractivity contribution in [2.45, 2.75) is 44.3 Å². The lowest BCUT2D eigenvalue weighted by Gasteiger charge is -2.12. The van der Waals surface area contributed by atoms with Crippen LogP contribution in [0.3, 0.4) is 0 Å². The predicted octanol–water partition coefficient (Wildman–Crippen LogP) is 4.16. The van der Waals surface area contributed by atoms with E-state index >= 15 is 0 Å². The zero-order chi connectivity index (χ0) is 17.4. The van der Waals surface area contributed by atoms with Crippen LogP contribution in [-0.4, -0.2) is 28.4 Å². The number of carbonyl (C=O) groups excluding carboxylic acids is 2. The number of nitrogens with zero attached hydrogens (tertiary/aromatic N) is 1. The molecular formula is C19H23NO3S. The first-order valence-corrected chi connectivity index (χ1v) is 9.08. The van der Waals surface area contributed by atoms with Crippen molar-refractivity contribution in [2.75, 3.05) is 7.11 Å². The smallest absolute Gasteiger partial charge is 0.319 e. The Hall–Kier alpha value is -1.88. The summed E-state index contributed by atoms with van der Waals surface area (Å²) in [7, 11) is 1.36. The molecule has 4 nitrogen and oxygen atoms in total. The van der Waals surface area contributed by atoms with Crippen LogP contribution in [0.5, 0.6) is 0 Å². The van der Waals surface area contributed by atoms with Gasteiger partial charge in [0, 0.05) is 18.0 Å². The van der Waals surface area contributed by atoms with Gasteiger partial charge in [0.05, 0.1) is 12.6 Å². The van der Waals surface area contributed by atoms with Crippen LogP contribution in [0.2, 0.25) is 0 Å². The van der Waals surface area contributed by atoms with Gasteiger partial charge in [0.25, 0.3) is 0 Å². The molecule has 1 aromatic carbocycles. The highest BCUT2D eigenvalue weighted by Crippen LogP contribution is 2.20. The minimum absolute atomic E-state index is 0.0502. The third-order valence-corrected chi connectivity index (χ3v) is 4.87. The molecule has 2 aromatic rings. The molecule has 1 aromatic heterocycles. The molecule has 0 spiro atoms. The number of thioether (sulfide) groups is 1. The largest absolute Gasteiger partial charge is 0.468 e. The number of aryl methyl sites for hydroxylation is 1. The summed E-state index contributed by atoms with van der Waals surface area (Å²) in [5.41, 5.74) is 2.12. The Balaban J connectivity index is 1.76. The van der Waals surface area contributed by atoms with Crippen molar-refractivity contribution in [1.82, 2.24) is 4.98 Å². The summed E-state index contributed by atoms with van der Waals surface area (Å²) in [5.74, 6) is -0.314. The highest BCUT2D eigenvalue weighted by atomic mass is 32.2. The maximum atomic E-state index is 11.7. The monoisotopic (exact) mass is 345 g/mol. The van der Waals surface area contributed by atoms with Gasteiger partial charge in [-0.3, -0.25) is 14.6 Å². The first-order chi connectivity index (χ1) is 11.6. The number of fused-ring (bicyclic) bond motifs is 1. The summed E-state index contributed by atoms with van der Waals surface area (Å²) in [6.07, 6.45) is 4.51. The Morgan fingerprint density at radius 3 is 2.67 bits per heavy atom. The van der Waals surface area contributed by atoms with Crippen LogP contribution in [0, 0.1) is 0 Å². The predicted molar refractivity (Wildman–Crippen MR) is 98.0 cm³/mol. The summed E-state index contributed by atoms with van der Waals surface area (Å²) in [6.45, 7) is 1.48. The molecule has 24 heavy (non-hydrogen) atoms. The molecule has 0 aliphatic rings. The Morgan fingerprint density at radius 2 is 1.92 bits per heavy atom. The lowest BCUT2D eigenvalue weighted by Crippen LogP contribution is -2.20. The van der Waals surface area contributed by atoms with Gasteiger partial charge in [-0.1, -0.05) is 48.9 Å². The van der Waals surface area contributed by atoms with Gasteiger partial charge in [-0.05, 0) is 31.4 Å². The number of unbranched alkanes of at least 4 members (excludes halogenated alkanes) is 2. The van der Waals surface area contributed by atoms with Crippen molar-refractivity contribution >= 4 is 33.7 Å². The van der Waals surface area contributed by atoms with Gasteiger partial charge < -0.3 is 4.74 Å². The number of rotatable bonds is 8. The van der Waals surface area contributed by atoms with E-state index in [0.717, 1.165) is 54.0 Å². The van der Waals surface area contributed by atoms with E-state index in [9.17, 15) is 9.59 Å². The third kappa shape index (κ3) is 5.64. The van der Waals surface area contributed by atoms with E-state index in [1.165, 1.54) is 14.0 Å². The Labute approximate surface area is 147 Å². The molecule has 1 heterocycles. The fourth-order valence-electron chi connectivity index (χ4n) is 2.62. The van der Waals surface area contributed by atoms with Crippen molar-refractivity contribution in [2.24, 2.45) is 0 Å². The number of para-hydroxylation sites is 1. The molecule has 0 aliphatic heterocycles. The van der Waals surface area contributed by atoms with Crippen LogP contribution in [0.4, 0.5) is 0 Å². The van der Waals surface area contributed by atoms with Crippen molar-refractivity contribution in [3.8, 4) is 0 Å². The van der Waals surface area contributed by atoms with E-state index in [1.54, 1.807) is 0 Å². The van der Waals surface area contributed by atoms with Gasteiger partial charge in [0.1, 0.15) is 5.25 Å². The summed E-state index contributed by atoms with van der Waals surface area (Å²) < 4.78 is 4.76. The molecule has 128 valence electrons. The number of aromatic nitrogens is 1. The minimum Gasteiger partial charge on any atom is -0.468 e. The van der Waals surface area contributed by atoms with E-state index in [-0.39, 0.29) is 16.3 Å². The number of carbonyl (C=O) groups is 2. The minimum atomic E-state index is -0.383. The van der Waals surface area contributed by atoms with Crippen molar-refractivity contribution in [1.29, 1.82) is 0 Å². The van der Waals surface area contributed by atoms with E-state index < -0.39 is 0 Å². The maximum Gasteiger partial charge on any atom is 0.319 e. The van der Waals surface area contributed by atoms with Gasteiger partial charge in [-0.25, -0.2) is 0 Å².